The SMILES string of the molecule is Cc1nc(N2CCOCC2)ncc1N1C[C@@]2(CC[C@@H](N(C)C)C(c3ccccc3)C2)NC1=O. The quantitative estimate of drug-likeness (QED) is 0.772. The number of hydrogen-bond donors (Lipinski definition) is 1. The van der Waals surface area contributed by atoms with Crippen molar-refractivity contribution in [3.8, 4) is 0 Å². The molecule has 1 aromatic carbocycles. The van der Waals surface area contributed by atoms with Crippen molar-refractivity contribution in [2.75, 3.05) is 56.7 Å². The van der Waals surface area contributed by atoms with Crippen LogP contribution < -0.4 is 15.1 Å². The average molecular weight is 451 g/mol. The Morgan fingerprint density at radius 3 is 2.64 bits per heavy atom. The highest BCUT2D eigenvalue weighted by Crippen LogP contribution is 2.43. The highest BCUT2D eigenvalue weighted by Gasteiger charge is 2.49. The molecule has 2 amide bonds. The zero-order chi connectivity index (χ0) is 23.0. The maximum Gasteiger partial charge on any atom is 0.322 e. The third-order valence-electron chi connectivity index (χ3n) is 7.49. The summed E-state index contributed by atoms with van der Waals surface area (Å²) in [5.74, 6) is 1.08. The van der Waals surface area contributed by atoms with Gasteiger partial charge < -0.3 is 19.9 Å². The molecule has 1 aromatic heterocycles. The first kappa shape index (κ1) is 22.1. The van der Waals surface area contributed by atoms with Crippen LogP contribution in [-0.4, -0.2) is 79.4 Å². The van der Waals surface area contributed by atoms with Crippen molar-refractivity contribution in [2.45, 2.75) is 43.7 Å². The van der Waals surface area contributed by atoms with E-state index in [1.165, 1.54) is 5.56 Å². The van der Waals surface area contributed by atoms with Crippen molar-refractivity contribution >= 4 is 17.7 Å². The monoisotopic (exact) mass is 450 g/mol. The van der Waals surface area contributed by atoms with Gasteiger partial charge >= 0.3 is 6.03 Å². The number of likely N-dealkylation sites (N-methyl/N-ethyl adjacent to an activating group) is 1. The van der Waals surface area contributed by atoms with Gasteiger partial charge in [0.15, 0.2) is 0 Å². The Morgan fingerprint density at radius 2 is 1.94 bits per heavy atom. The Morgan fingerprint density at radius 1 is 1.18 bits per heavy atom. The van der Waals surface area contributed by atoms with Gasteiger partial charge in [-0.1, -0.05) is 30.3 Å². The minimum absolute atomic E-state index is 0.0454. The first-order chi connectivity index (χ1) is 16.0. The van der Waals surface area contributed by atoms with Crippen LogP contribution in [0.25, 0.3) is 0 Å². The minimum atomic E-state index is -0.237. The minimum Gasteiger partial charge on any atom is -0.378 e. The van der Waals surface area contributed by atoms with Crippen LogP contribution in [0.4, 0.5) is 16.4 Å². The molecule has 5 rings (SSSR count). The van der Waals surface area contributed by atoms with Crippen LogP contribution in [-0.2, 0) is 4.74 Å². The molecule has 1 saturated carbocycles. The molecule has 3 aliphatic rings. The summed E-state index contributed by atoms with van der Waals surface area (Å²) >= 11 is 0. The third kappa shape index (κ3) is 4.29. The highest BCUT2D eigenvalue weighted by molar-refractivity contribution is 5.95. The van der Waals surface area contributed by atoms with Gasteiger partial charge in [0.05, 0.1) is 42.9 Å². The number of benzene rings is 1. The Bertz CT molecular complexity index is 994. The van der Waals surface area contributed by atoms with Crippen molar-refractivity contribution in [1.82, 2.24) is 20.2 Å². The molecule has 0 radical (unpaired) electrons. The molecule has 2 aliphatic heterocycles. The van der Waals surface area contributed by atoms with E-state index in [2.05, 4.69) is 64.5 Å². The maximum absolute atomic E-state index is 13.2. The summed E-state index contributed by atoms with van der Waals surface area (Å²) in [6, 6.07) is 11.1. The number of hydrogen-bond acceptors (Lipinski definition) is 6. The predicted molar refractivity (Wildman–Crippen MR) is 129 cm³/mol. The van der Waals surface area contributed by atoms with Crippen LogP contribution in [0, 0.1) is 6.92 Å². The van der Waals surface area contributed by atoms with Crippen LogP contribution in [0.5, 0.6) is 0 Å². The van der Waals surface area contributed by atoms with Crippen LogP contribution in [0.3, 0.4) is 0 Å². The average Bonchev–Trinajstić information content (AvgIpc) is 3.14. The number of amides is 2. The van der Waals surface area contributed by atoms with Gasteiger partial charge in [-0.3, -0.25) is 4.90 Å². The number of carbonyl (C=O) groups excluding carboxylic acids is 1. The summed E-state index contributed by atoms with van der Waals surface area (Å²) in [4.78, 5) is 28.8. The number of aromatic nitrogens is 2. The number of nitrogens with zero attached hydrogens (tertiary/aromatic N) is 5. The van der Waals surface area contributed by atoms with Gasteiger partial charge in [0.1, 0.15) is 0 Å². The molecule has 3 fully saturated rings. The van der Waals surface area contributed by atoms with Crippen LogP contribution in [0.2, 0.25) is 0 Å². The molecule has 2 saturated heterocycles. The molecule has 1 aliphatic carbocycles. The van der Waals surface area contributed by atoms with E-state index in [0.29, 0.717) is 37.7 Å². The summed E-state index contributed by atoms with van der Waals surface area (Å²) in [5, 5.41) is 3.37. The molecular formula is C25H34N6O2. The number of urea groups is 1. The summed E-state index contributed by atoms with van der Waals surface area (Å²) in [6.07, 6.45) is 4.75. The number of carbonyl (C=O) groups is 1. The third-order valence-corrected chi connectivity index (χ3v) is 7.49. The lowest BCUT2D eigenvalue weighted by molar-refractivity contribution is 0.122. The van der Waals surface area contributed by atoms with E-state index in [4.69, 9.17) is 9.72 Å². The Kier molecular flexibility index (Phi) is 5.97. The van der Waals surface area contributed by atoms with Crippen LogP contribution in [0.1, 0.15) is 36.4 Å². The van der Waals surface area contributed by atoms with Crippen molar-refractivity contribution in [3.05, 3.63) is 47.8 Å². The molecule has 1 N–H and O–H groups in total. The molecule has 3 atom stereocenters. The van der Waals surface area contributed by atoms with E-state index in [1.807, 2.05) is 18.0 Å². The van der Waals surface area contributed by atoms with Crippen molar-refractivity contribution in [3.63, 3.8) is 0 Å². The Hall–Kier alpha value is -2.71. The van der Waals surface area contributed by atoms with Gasteiger partial charge in [0.25, 0.3) is 0 Å². The van der Waals surface area contributed by atoms with E-state index in [9.17, 15) is 4.79 Å². The molecule has 1 spiro atoms. The number of rotatable bonds is 4. The highest BCUT2D eigenvalue weighted by atomic mass is 16.5. The fraction of sp³-hybridized carbons (Fsp3) is 0.560. The van der Waals surface area contributed by atoms with Crippen molar-refractivity contribution in [2.24, 2.45) is 0 Å². The lowest BCUT2D eigenvalue weighted by atomic mass is 9.70. The molecular weight excluding hydrogens is 416 g/mol. The predicted octanol–water partition coefficient (Wildman–Crippen LogP) is 2.79. The summed E-state index contributed by atoms with van der Waals surface area (Å²) in [7, 11) is 4.32. The van der Waals surface area contributed by atoms with Crippen molar-refractivity contribution < 1.29 is 9.53 Å². The second-order valence-electron chi connectivity index (χ2n) is 9.83. The lowest BCUT2D eigenvalue weighted by Gasteiger charge is -2.45. The van der Waals surface area contributed by atoms with Gasteiger partial charge in [0.2, 0.25) is 5.95 Å². The maximum atomic E-state index is 13.2. The fourth-order valence-corrected chi connectivity index (χ4v) is 5.73. The number of anilines is 2. The molecule has 8 nitrogen and oxygen atoms in total. The molecule has 0 bridgehead atoms. The van der Waals surface area contributed by atoms with Gasteiger partial charge in [-0.25, -0.2) is 14.8 Å². The standard InChI is InChI=1S/C25H34N6O2/c1-18-22(16-26-23(27-18)30-11-13-33-14-12-30)31-17-25(28-24(31)32)10-9-21(29(2)3)20(15-25)19-7-5-4-6-8-19/h4-8,16,20-21H,9-15,17H2,1-3H3,(H,28,32)/t20?,21-,25+/m1/s1. The summed E-state index contributed by atoms with van der Waals surface area (Å²) in [6.45, 7) is 5.58. The van der Waals surface area contributed by atoms with Crippen molar-refractivity contribution in [1.29, 1.82) is 0 Å². The zero-order valence-electron chi connectivity index (χ0n) is 19.8. The fourth-order valence-electron chi connectivity index (χ4n) is 5.73. The molecule has 3 heterocycles. The normalized spacial score (nSPS) is 27.9. The van der Waals surface area contributed by atoms with E-state index in [-0.39, 0.29) is 11.6 Å². The van der Waals surface area contributed by atoms with E-state index >= 15 is 0 Å². The second kappa shape index (κ2) is 8.91. The van der Waals surface area contributed by atoms with Crippen LogP contribution in [0.15, 0.2) is 36.5 Å². The zero-order valence-corrected chi connectivity index (χ0v) is 19.8. The van der Waals surface area contributed by atoms with E-state index < -0.39 is 0 Å². The molecule has 1 unspecified atom stereocenters. The van der Waals surface area contributed by atoms with E-state index in [1.54, 1.807) is 0 Å². The smallest absolute Gasteiger partial charge is 0.322 e. The first-order valence-electron chi connectivity index (χ1n) is 11.9. The molecule has 8 heteroatoms. The van der Waals surface area contributed by atoms with Crippen LogP contribution >= 0.6 is 0 Å². The molecule has 2 aromatic rings. The number of aryl methyl sites for hydroxylation is 1. The molecule has 33 heavy (non-hydrogen) atoms. The number of ether oxygens (including phenoxy) is 1. The topological polar surface area (TPSA) is 73.8 Å². The Labute approximate surface area is 195 Å². The Balaban J connectivity index is 1.37. The first-order valence-corrected chi connectivity index (χ1v) is 11.9. The number of morpholine rings is 1. The largest absolute Gasteiger partial charge is 0.378 e. The number of nitrogens with one attached hydrogen (secondary N) is 1. The lowest BCUT2D eigenvalue weighted by Crippen LogP contribution is -2.52. The summed E-state index contributed by atoms with van der Waals surface area (Å²) in [5.41, 5.74) is 2.74. The summed E-state index contributed by atoms with van der Waals surface area (Å²) < 4.78 is 5.44. The van der Waals surface area contributed by atoms with Gasteiger partial charge in [0, 0.05) is 25.0 Å². The van der Waals surface area contributed by atoms with Gasteiger partial charge in [-0.05, 0) is 45.8 Å². The molecule has 176 valence electrons. The van der Waals surface area contributed by atoms with Gasteiger partial charge in [-0.15, -0.1) is 0 Å². The second-order valence-corrected chi connectivity index (χ2v) is 9.83. The van der Waals surface area contributed by atoms with Gasteiger partial charge in [-0.2, -0.15) is 0 Å². The van der Waals surface area contributed by atoms with E-state index in [0.717, 1.165) is 43.7 Å².